The maximum Gasteiger partial charge on any atom is 0.219 e. The van der Waals surface area contributed by atoms with E-state index in [0.29, 0.717) is 18.7 Å². The molecule has 0 N–H and O–H groups in total. The Kier molecular flexibility index (Phi) is 5.33. The van der Waals surface area contributed by atoms with Crippen LogP contribution in [0, 0.1) is 0 Å². The Balaban J connectivity index is 1.91. The van der Waals surface area contributed by atoms with Crippen LogP contribution in [0.4, 0.5) is 0 Å². The number of amides is 1. The summed E-state index contributed by atoms with van der Waals surface area (Å²) in [6, 6.07) is 7.18. The third-order valence-corrected chi connectivity index (χ3v) is 3.81. The van der Waals surface area contributed by atoms with E-state index < -0.39 is 0 Å². The van der Waals surface area contributed by atoms with Gasteiger partial charge in [0.2, 0.25) is 5.91 Å². The van der Waals surface area contributed by atoms with Gasteiger partial charge >= 0.3 is 0 Å². The molecule has 0 saturated carbocycles. The first kappa shape index (κ1) is 15.5. The number of ketones is 1. The van der Waals surface area contributed by atoms with Gasteiger partial charge in [-0.2, -0.15) is 0 Å². The molecule has 1 saturated heterocycles. The molecule has 1 heterocycles. The summed E-state index contributed by atoms with van der Waals surface area (Å²) >= 11 is 0. The molecular formula is C16H22N2O3. The van der Waals surface area contributed by atoms with Gasteiger partial charge in [-0.3, -0.25) is 14.5 Å². The highest BCUT2D eigenvalue weighted by atomic mass is 16.5. The molecule has 0 unspecified atom stereocenters. The smallest absolute Gasteiger partial charge is 0.219 e. The lowest BCUT2D eigenvalue weighted by molar-refractivity contribution is -0.128. The van der Waals surface area contributed by atoms with Crippen LogP contribution in [-0.2, 0) is 4.79 Å². The van der Waals surface area contributed by atoms with Crippen molar-refractivity contribution in [3.8, 4) is 5.75 Å². The Labute approximate surface area is 125 Å². The van der Waals surface area contributed by atoms with Gasteiger partial charge in [0.25, 0.3) is 0 Å². The van der Waals surface area contributed by atoms with Gasteiger partial charge in [0.05, 0.1) is 13.7 Å². The quantitative estimate of drug-likeness (QED) is 0.787. The molecule has 0 atom stereocenters. The van der Waals surface area contributed by atoms with Gasteiger partial charge in [-0.25, -0.2) is 0 Å². The third-order valence-electron chi connectivity index (χ3n) is 3.81. The number of carbonyl (C=O) groups excluding carboxylic acids is 2. The largest absolute Gasteiger partial charge is 0.497 e. The zero-order chi connectivity index (χ0) is 15.2. The highest BCUT2D eigenvalue weighted by Gasteiger charge is 2.18. The van der Waals surface area contributed by atoms with Crippen LogP contribution in [0.1, 0.15) is 23.7 Å². The molecule has 1 aliphatic heterocycles. The maximum atomic E-state index is 12.3. The van der Waals surface area contributed by atoms with Gasteiger partial charge in [0.1, 0.15) is 5.75 Å². The van der Waals surface area contributed by atoms with Gasteiger partial charge in [-0.15, -0.1) is 0 Å². The molecule has 1 aromatic rings. The minimum atomic E-state index is 0.105. The molecular weight excluding hydrogens is 268 g/mol. The summed E-state index contributed by atoms with van der Waals surface area (Å²) < 4.78 is 5.09. The Morgan fingerprint density at radius 1 is 1.10 bits per heavy atom. The molecule has 0 aromatic heterocycles. The minimum Gasteiger partial charge on any atom is -0.497 e. The zero-order valence-corrected chi connectivity index (χ0v) is 12.7. The van der Waals surface area contributed by atoms with E-state index in [2.05, 4.69) is 4.90 Å². The van der Waals surface area contributed by atoms with Gasteiger partial charge in [0, 0.05) is 38.7 Å². The molecule has 5 heteroatoms. The number of hydrogen-bond donors (Lipinski definition) is 0. The topological polar surface area (TPSA) is 49.9 Å². The van der Waals surface area contributed by atoms with E-state index in [9.17, 15) is 9.59 Å². The maximum absolute atomic E-state index is 12.3. The minimum absolute atomic E-state index is 0.105. The highest BCUT2D eigenvalue weighted by molar-refractivity contribution is 5.97. The fourth-order valence-corrected chi connectivity index (χ4v) is 2.52. The number of carbonyl (C=O) groups is 2. The third kappa shape index (κ3) is 4.29. The van der Waals surface area contributed by atoms with E-state index in [-0.39, 0.29) is 11.7 Å². The lowest BCUT2D eigenvalue weighted by Gasteiger charge is -2.20. The van der Waals surface area contributed by atoms with Crippen LogP contribution in [0.15, 0.2) is 24.3 Å². The van der Waals surface area contributed by atoms with Crippen molar-refractivity contribution in [2.45, 2.75) is 13.3 Å². The summed E-state index contributed by atoms with van der Waals surface area (Å²) in [5.41, 5.74) is 0.698. The van der Waals surface area contributed by atoms with Gasteiger partial charge in [0.15, 0.2) is 5.78 Å². The summed E-state index contributed by atoms with van der Waals surface area (Å²) in [6.07, 6.45) is 0.912. The number of nitrogens with zero attached hydrogens (tertiary/aromatic N) is 2. The van der Waals surface area contributed by atoms with Crippen molar-refractivity contribution in [3.63, 3.8) is 0 Å². The Morgan fingerprint density at radius 3 is 2.43 bits per heavy atom. The first-order chi connectivity index (χ1) is 10.1. The predicted octanol–water partition coefficient (Wildman–Crippen LogP) is 1.43. The fraction of sp³-hybridized carbons (Fsp3) is 0.500. The summed E-state index contributed by atoms with van der Waals surface area (Å²) in [5, 5.41) is 0. The van der Waals surface area contributed by atoms with Crippen LogP contribution >= 0.6 is 0 Å². The molecule has 0 spiro atoms. The highest BCUT2D eigenvalue weighted by Crippen LogP contribution is 2.12. The van der Waals surface area contributed by atoms with Gasteiger partial charge in [-0.1, -0.05) is 0 Å². The van der Waals surface area contributed by atoms with E-state index in [0.717, 1.165) is 31.8 Å². The van der Waals surface area contributed by atoms with Crippen LogP contribution in [0.2, 0.25) is 0 Å². The number of Topliss-reactive ketones (excluding diaryl/α,β-unsaturated/α-hetero) is 1. The van der Waals surface area contributed by atoms with Crippen molar-refractivity contribution < 1.29 is 14.3 Å². The molecule has 5 nitrogen and oxygen atoms in total. The number of ether oxygens (including phenoxy) is 1. The molecule has 0 radical (unpaired) electrons. The molecule has 0 aliphatic carbocycles. The van der Waals surface area contributed by atoms with E-state index >= 15 is 0 Å². The van der Waals surface area contributed by atoms with Gasteiger partial charge < -0.3 is 9.64 Å². The lowest BCUT2D eigenvalue weighted by Crippen LogP contribution is -2.35. The number of rotatable bonds is 4. The van der Waals surface area contributed by atoms with Crippen molar-refractivity contribution in [2.75, 3.05) is 39.8 Å². The predicted molar refractivity (Wildman–Crippen MR) is 80.6 cm³/mol. The van der Waals surface area contributed by atoms with Crippen LogP contribution in [0.3, 0.4) is 0 Å². The fourth-order valence-electron chi connectivity index (χ4n) is 2.52. The molecule has 1 fully saturated rings. The summed E-state index contributed by atoms with van der Waals surface area (Å²) in [7, 11) is 1.61. The van der Waals surface area contributed by atoms with Crippen molar-refractivity contribution in [3.05, 3.63) is 29.8 Å². The van der Waals surface area contributed by atoms with E-state index in [4.69, 9.17) is 4.74 Å². The van der Waals surface area contributed by atoms with Crippen LogP contribution in [0.25, 0.3) is 0 Å². The average Bonchev–Trinajstić information content (AvgIpc) is 2.73. The van der Waals surface area contributed by atoms with Crippen molar-refractivity contribution in [1.29, 1.82) is 0 Å². The summed E-state index contributed by atoms with van der Waals surface area (Å²) in [4.78, 5) is 27.6. The standard InChI is InChI=1S/C16H22N2O3/c1-13(19)18-9-3-8-17(10-11-18)12-16(20)14-4-6-15(21-2)7-5-14/h4-7H,3,8-12H2,1-2H3. The first-order valence-corrected chi connectivity index (χ1v) is 7.25. The molecule has 2 rings (SSSR count). The molecule has 1 aromatic carbocycles. The Hall–Kier alpha value is -1.88. The van der Waals surface area contributed by atoms with Crippen LogP contribution in [0.5, 0.6) is 5.75 Å². The summed E-state index contributed by atoms with van der Waals surface area (Å²) in [5.74, 6) is 0.964. The Bertz CT molecular complexity index is 499. The SMILES string of the molecule is COc1ccc(C(=O)CN2CCCN(C(C)=O)CC2)cc1. The molecule has 1 amide bonds. The normalized spacial score (nSPS) is 16.4. The lowest BCUT2D eigenvalue weighted by atomic mass is 10.1. The molecule has 21 heavy (non-hydrogen) atoms. The van der Waals surface area contributed by atoms with E-state index in [1.165, 1.54) is 0 Å². The molecule has 0 bridgehead atoms. The molecule has 114 valence electrons. The molecule has 1 aliphatic rings. The van der Waals surface area contributed by atoms with Gasteiger partial charge in [-0.05, 0) is 30.7 Å². The summed E-state index contributed by atoms with van der Waals surface area (Å²) in [6.45, 7) is 5.08. The van der Waals surface area contributed by atoms with E-state index in [1.807, 2.05) is 4.90 Å². The second-order valence-electron chi connectivity index (χ2n) is 5.29. The second kappa shape index (κ2) is 7.22. The average molecular weight is 290 g/mol. The zero-order valence-electron chi connectivity index (χ0n) is 12.7. The first-order valence-electron chi connectivity index (χ1n) is 7.25. The van der Waals surface area contributed by atoms with Crippen LogP contribution < -0.4 is 4.74 Å². The Morgan fingerprint density at radius 2 is 1.81 bits per heavy atom. The second-order valence-corrected chi connectivity index (χ2v) is 5.29. The van der Waals surface area contributed by atoms with E-state index in [1.54, 1.807) is 38.3 Å². The van der Waals surface area contributed by atoms with Crippen molar-refractivity contribution in [2.24, 2.45) is 0 Å². The van der Waals surface area contributed by atoms with Crippen LogP contribution in [-0.4, -0.2) is 61.3 Å². The number of hydrogen-bond acceptors (Lipinski definition) is 4. The van der Waals surface area contributed by atoms with Crippen molar-refractivity contribution >= 4 is 11.7 Å². The number of methoxy groups -OCH3 is 1. The number of benzene rings is 1. The monoisotopic (exact) mass is 290 g/mol. The van der Waals surface area contributed by atoms with Crippen molar-refractivity contribution in [1.82, 2.24) is 9.80 Å².